The van der Waals surface area contributed by atoms with Crippen molar-refractivity contribution >= 4 is 5.91 Å². The zero-order valence-electron chi connectivity index (χ0n) is 12.3. The van der Waals surface area contributed by atoms with Gasteiger partial charge in [-0.1, -0.05) is 0 Å². The molecule has 7 nitrogen and oxygen atoms in total. The molecule has 0 radical (unpaired) electrons. The number of aromatic amines is 1. The van der Waals surface area contributed by atoms with Crippen molar-refractivity contribution in [3.05, 3.63) is 32.6 Å². The summed E-state index contributed by atoms with van der Waals surface area (Å²) >= 11 is 0. The first-order valence-electron chi connectivity index (χ1n) is 7.11. The lowest BCUT2D eigenvalue weighted by Crippen LogP contribution is -2.41. The Kier molecular flexibility index (Phi) is 4.95. The zero-order chi connectivity index (χ0) is 15.4. The summed E-state index contributed by atoms with van der Waals surface area (Å²) < 4.78 is 6.25. The fraction of sp³-hybridized carbons (Fsp3) is 0.643. The fourth-order valence-electron chi connectivity index (χ4n) is 2.64. The first-order chi connectivity index (χ1) is 10.0. The van der Waals surface area contributed by atoms with Crippen LogP contribution in [0.15, 0.2) is 15.8 Å². The number of nitrogens with one attached hydrogen (secondary N) is 2. The molecular weight excluding hydrogens is 274 g/mol. The van der Waals surface area contributed by atoms with Gasteiger partial charge in [-0.05, 0) is 25.7 Å². The highest BCUT2D eigenvalue weighted by molar-refractivity contribution is 5.78. The van der Waals surface area contributed by atoms with Crippen LogP contribution in [-0.2, 0) is 23.0 Å². The molecule has 116 valence electrons. The van der Waals surface area contributed by atoms with Crippen LogP contribution in [-0.4, -0.2) is 34.7 Å². The third-order valence-electron chi connectivity index (χ3n) is 3.98. The molecule has 0 unspecified atom stereocenters. The molecule has 1 aromatic rings. The summed E-state index contributed by atoms with van der Waals surface area (Å²) in [5, 5.41) is 2.94. The SMILES string of the molecule is COC1CCC(NC(=O)Cc2c[nH]c(=O)n(C)c2=O)CC1. The number of nitrogens with zero attached hydrogens (tertiary/aromatic N) is 1. The highest BCUT2D eigenvalue weighted by atomic mass is 16.5. The van der Waals surface area contributed by atoms with E-state index in [0.29, 0.717) is 5.56 Å². The number of carbonyl (C=O) groups excluding carboxylic acids is 1. The largest absolute Gasteiger partial charge is 0.381 e. The van der Waals surface area contributed by atoms with Gasteiger partial charge >= 0.3 is 5.69 Å². The highest BCUT2D eigenvalue weighted by Gasteiger charge is 2.22. The van der Waals surface area contributed by atoms with Crippen LogP contribution >= 0.6 is 0 Å². The number of rotatable bonds is 4. The highest BCUT2D eigenvalue weighted by Crippen LogP contribution is 2.20. The van der Waals surface area contributed by atoms with Gasteiger partial charge < -0.3 is 15.0 Å². The second-order valence-corrected chi connectivity index (χ2v) is 5.44. The van der Waals surface area contributed by atoms with Crippen LogP contribution in [0.1, 0.15) is 31.2 Å². The normalized spacial score (nSPS) is 22.0. The van der Waals surface area contributed by atoms with E-state index < -0.39 is 11.2 Å². The minimum atomic E-state index is -0.484. The van der Waals surface area contributed by atoms with E-state index in [2.05, 4.69) is 10.3 Å². The average Bonchev–Trinajstić information content (AvgIpc) is 2.49. The van der Waals surface area contributed by atoms with Crippen LogP contribution in [0.2, 0.25) is 0 Å². The number of methoxy groups -OCH3 is 1. The van der Waals surface area contributed by atoms with Gasteiger partial charge in [-0.25, -0.2) is 4.79 Å². The van der Waals surface area contributed by atoms with Crippen LogP contribution in [0.3, 0.4) is 0 Å². The van der Waals surface area contributed by atoms with E-state index in [9.17, 15) is 14.4 Å². The smallest absolute Gasteiger partial charge is 0.328 e. The van der Waals surface area contributed by atoms with Gasteiger partial charge in [0.05, 0.1) is 12.5 Å². The molecule has 0 bridgehead atoms. The first-order valence-corrected chi connectivity index (χ1v) is 7.11. The van der Waals surface area contributed by atoms with Crippen molar-refractivity contribution in [2.24, 2.45) is 7.05 Å². The van der Waals surface area contributed by atoms with Gasteiger partial charge in [0, 0.05) is 32.0 Å². The van der Waals surface area contributed by atoms with Crippen molar-refractivity contribution in [1.29, 1.82) is 0 Å². The second kappa shape index (κ2) is 6.71. The summed E-state index contributed by atoms with van der Waals surface area (Å²) in [6.45, 7) is 0. The fourth-order valence-corrected chi connectivity index (χ4v) is 2.64. The van der Waals surface area contributed by atoms with Crippen molar-refractivity contribution in [1.82, 2.24) is 14.9 Å². The van der Waals surface area contributed by atoms with E-state index in [-0.39, 0.29) is 24.5 Å². The Morgan fingerprint density at radius 2 is 2.05 bits per heavy atom. The number of H-pyrrole nitrogens is 1. The number of carbonyl (C=O) groups is 1. The monoisotopic (exact) mass is 295 g/mol. The Morgan fingerprint density at radius 3 is 2.67 bits per heavy atom. The van der Waals surface area contributed by atoms with Crippen LogP contribution in [0.4, 0.5) is 0 Å². The molecule has 0 aromatic carbocycles. The summed E-state index contributed by atoms with van der Waals surface area (Å²) in [7, 11) is 3.09. The maximum absolute atomic E-state index is 12.0. The van der Waals surface area contributed by atoms with Crippen molar-refractivity contribution in [3.8, 4) is 0 Å². The molecule has 1 fully saturated rings. The average molecular weight is 295 g/mol. The molecule has 2 N–H and O–H groups in total. The summed E-state index contributed by atoms with van der Waals surface area (Å²) in [6.07, 6.45) is 5.20. The van der Waals surface area contributed by atoms with Crippen molar-refractivity contribution in [3.63, 3.8) is 0 Å². The molecule has 2 rings (SSSR count). The van der Waals surface area contributed by atoms with Gasteiger partial charge in [-0.15, -0.1) is 0 Å². The van der Waals surface area contributed by atoms with Crippen LogP contribution in [0.25, 0.3) is 0 Å². The van der Waals surface area contributed by atoms with E-state index in [4.69, 9.17) is 4.74 Å². The quantitative estimate of drug-likeness (QED) is 0.797. The van der Waals surface area contributed by atoms with E-state index in [1.807, 2.05) is 0 Å². The summed E-state index contributed by atoms with van der Waals surface area (Å²) in [4.78, 5) is 37.5. The topological polar surface area (TPSA) is 93.2 Å². The van der Waals surface area contributed by atoms with Crippen LogP contribution in [0, 0.1) is 0 Å². The van der Waals surface area contributed by atoms with Crippen molar-refractivity contribution in [2.45, 2.75) is 44.2 Å². The molecule has 1 aliphatic rings. The summed E-state index contributed by atoms with van der Waals surface area (Å²) in [6, 6.07) is 0.135. The Morgan fingerprint density at radius 1 is 1.38 bits per heavy atom. The third-order valence-corrected chi connectivity index (χ3v) is 3.98. The molecule has 1 aromatic heterocycles. The molecule has 1 saturated carbocycles. The predicted molar refractivity (Wildman–Crippen MR) is 77.2 cm³/mol. The number of aromatic nitrogens is 2. The molecule has 0 saturated heterocycles. The minimum Gasteiger partial charge on any atom is -0.381 e. The molecule has 7 heteroatoms. The standard InChI is InChI=1S/C14H21N3O4/c1-17-13(19)9(8-15-14(17)20)7-12(18)16-10-3-5-11(21-2)6-4-10/h8,10-11H,3-7H2,1-2H3,(H,15,20)(H,16,18). The molecular formula is C14H21N3O4. The maximum atomic E-state index is 12.0. The number of ether oxygens (including phenoxy) is 1. The molecule has 0 spiro atoms. The van der Waals surface area contributed by atoms with Crippen LogP contribution in [0.5, 0.6) is 0 Å². The summed E-state index contributed by atoms with van der Waals surface area (Å²) in [5.74, 6) is -0.194. The number of hydrogen-bond acceptors (Lipinski definition) is 4. The Hall–Kier alpha value is -1.89. The lowest BCUT2D eigenvalue weighted by atomic mass is 9.93. The third kappa shape index (κ3) is 3.81. The Bertz CT molecular complexity index is 611. The summed E-state index contributed by atoms with van der Waals surface area (Å²) in [5.41, 5.74) is -0.626. The lowest BCUT2D eigenvalue weighted by molar-refractivity contribution is -0.121. The minimum absolute atomic E-state index is 0.0202. The van der Waals surface area contributed by atoms with E-state index in [1.54, 1.807) is 7.11 Å². The van der Waals surface area contributed by atoms with E-state index in [0.717, 1.165) is 30.3 Å². The number of hydrogen-bond donors (Lipinski definition) is 2. The molecule has 1 heterocycles. The number of amides is 1. The molecule has 21 heavy (non-hydrogen) atoms. The van der Waals surface area contributed by atoms with Crippen molar-refractivity contribution in [2.75, 3.05) is 7.11 Å². The predicted octanol–water partition coefficient (Wildman–Crippen LogP) is -0.310. The van der Waals surface area contributed by atoms with Gasteiger partial charge in [0.1, 0.15) is 0 Å². The second-order valence-electron chi connectivity index (χ2n) is 5.44. The molecule has 0 aliphatic heterocycles. The van der Waals surface area contributed by atoms with E-state index in [1.165, 1.54) is 13.2 Å². The van der Waals surface area contributed by atoms with Gasteiger partial charge in [-0.3, -0.25) is 14.2 Å². The first kappa shape index (κ1) is 15.5. The van der Waals surface area contributed by atoms with Crippen LogP contribution < -0.4 is 16.6 Å². The maximum Gasteiger partial charge on any atom is 0.328 e. The van der Waals surface area contributed by atoms with Gasteiger partial charge in [0.25, 0.3) is 5.56 Å². The lowest BCUT2D eigenvalue weighted by Gasteiger charge is -2.28. The Labute approximate surface area is 122 Å². The van der Waals surface area contributed by atoms with Gasteiger partial charge in [0.15, 0.2) is 0 Å². The molecule has 1 aliphatic carbocycles. The van der Waals surface area contributed by atoms with Gasteiger partial charge in [-0.2, -0.15) is 0 Å². The van der Waals surface area contributed by atoms with Gasteiger partial charge in [0.2, 0.25) is 5.91 Å². The zero-order valence-corrected chi connectivity index (χ0v) is 12.3. The van der Waals surface area contributed by atoms with E-state index >= 15 is 0 Å². The van der Waals surface area contributed by atoms with Crippen molar-refractivity contribution < 1.29 is 9.53 Å². The Balaban J connectivity index is 1.92. The molecule has 0 atom stereocenters. The molecule has 1 amide bonds.